The Hall–Kier alpha value is -2.30. The molecule has 2 unspecified atom stereocenters. The number of fused-ring (bicyclic) bond motifs is 1. The molecule has 1 heterocycles. The summed E-state index contributed by atoms with van der Waals surface area (Å²) in [6.45, 7) is 0. The van der Waals surface area contributed by atoms with Crippen molar-refractivity contribution in [3.8, 4) is 0 Å². The van der Waals surface area contributed by atoms with E-state index in [9.17, 15) is 18.3 Å². The summed E-state index contributed by atoms with van der Waals surface area (Å²) in [6.07, 6.45) is 7.99. The first kappa shape index (κ1) is 22.9. The summed E-state index contributed by atoms with van der Waals surface area (Å²) in [5.41, 5.74) is 1.03. The quantitative estimate of drug-likeness (QED) is 0.600. The van der Waals surface area contributed by atoms with Crippen LogP contribution in [0.4, 0.5) is 5.95 Å². The predicted octanol–water partition coefficient (Wildman–Crippen LogP) is 1.89. The van der Waals surface area contributed by atoms with Crippen molar-refractivity contribution in [2.75, 3.05) is 18.6 Å². The van der Waals surface area contributed by atoms with Crippen molar-refractivity contribution in [3.63, 3.8) is 0 Å². The van der Waals surface area contributed by atoms with Gasteiger partial charge in [0.05, 0.1) is 29.5 Å². The Morgan fingerprint density at radius 2 is 1.91 bits per heavy atom. The monoisotopic (exact) mass is 461 g/mol. The molecule has 3 N–H and O–H groups in total. The van der Waals surface area contributed by atoms with Crippen LogP contribution in [-0.4, -0.2) is 71.2 Å². The number of carbonyl (C=O) groups excluding carboxylic acids is 1. The second-order valence-corrected chi connectivity index (χ2v) is 11.0. The van der Waals surface area contributed by atoms with Crippen LogP contribution >= 0.6 is 0 Å². The van der Waals surface area contributed by atoms with Gasteiger partial charge in [-0.3, -0.25) is 4.79 Å². The minimum atomic E-state index is -3.19. The topological polar surface area (TPSA) is 125 Å². The number of aliphatic hydroxyl groups excluding tert-OH is 1. The number of nitrogens with one attached hydrogen (secondary N) is 2. The fourth-order valence-corrected chi connectivity index (χ4v) is 5.45. The van der Waals surface area contributed by atoms with Gasteiger partial charge in [-0.15, -0.1) is 0 Å². The van der Waals surface area contributed by atoms with E-state index in [0.717, 1.165) is 43.9 Å². The van der Waals surface area contributed by atoms with Gasteiger partial charge in [-0.1, -0.05) is 12.1 Å². The maximum absolute atomic E-state index is 12.9. The predicted molar refractivity (Wildman–Crippen MR) is 123 cm³/mol. The number of para-hydroxylation sites is 1. The van der Waals surface area contributed by atoms with Crippen LogP contribution in [0.3, 0.4) is 0 Å². The van der Waals surface area contributed by atoms with Crippen LogP contribution in [0.1, 0.15) is 55.3 Å². The van der Waals surface area contributed by atoms with Crippen molar-refractivity contribution >= 4 is 32.8 Å². The number of benzene rings is 1. The molecule has 2 fully saturated rings. The molecule has 0 saturated heterocycles. The maximum Gasteiger partial charge on any atom is 0.253 e. The standard InChI is InChI=1S/C22H31N5O4S/c1-27(32(2,30)31)16-11-9-15(10-12-16)24-22-23-13-14-5-3-6-17(20(14)26-22)21(29)25-18-7-4-8-19(18)28/h3,5-6,13,15-16,18-19,28H,4,7-12H2,1-2H3,(H,25,29)(H,23,24,26). The number of rotatable bonds is 6. The van der Waals surface area contributed by atoms with Crippen molar-refractivity contribution in [1.82, 2.24) is 19.6 Å². The van der Waals surface area contributed by atoms with E-state index in [1.165, 1.54) is 10.6 Å². The van der Waals surface area contributed by atoms with Gasteiger partial charge in [0.1, 0.15) is 0 Å². The second kappa shape index (κ2) is 9.29. The molecule has 2 aliphatic rings. The molecule has 2 saturated carbocycles. The SMILES string of the molecule is CN(C1CCC(Nc2ncc3cccc(C(=O)NC4CCCC4O)c3n2)CC1)S(C)(=O)=O. The van der Waals surface area contributed by atoms with E-state index < -0.39 is 16.1 Å². The molecule has 0 bridgehead atoms. The number of carbonyl (C=O) groups is 1. The third kappa shape index (κ3) is 5.02. The molecule has 2 aliphatic carbocycles. The molecule has 0 radical (unpaired) electrons. The van der Waals surface area contributed by atoms with Gasteiger partial charge in [0.25, 0.3) is 5.91 Å². The van der Waals surface area contributed by atoms with Crippen LogP contribution in [-0.2, 0) is 10.0 Å². The molecule has 2 aromatic rings. The summed E-state index contributed by atoms with van der Waals surface area (Å²) in [5.74, 6) is 0.217. The lowest BCUT2D eigenvalue weighted by atomic mass is 9.91. The number of amides is 1. The zero-order valence-corrected chi connectivity index (χ0v) is 19.3. The van der Waals surface area contributed by atoms with Crippen LogP contribution < -0.4 is 10.6 Å². The fraction of sp³-hybridized carbons (Fsp3) is 0.591. The lowest BCUT2D eigenvalue weighted by molar-refractivity contribution is 0.0874. The lowest BCUT2D eigenvalue weighted by Gasteiger charge is -2.33. The van der Waals surface area contributed by atoms with Crippen LogP contribution in [0.2, 0.25) is 0 Å². The van der Waals surface area contributed by atoms with Gasteiger partial charge in [0.15, 0.2) is 0 Å². The van der Waals surface area contributed by atoms with Gasteiger partial charge < -0.3 is 15.7 Å². The van der Waals surface area contributed by atoms with Crippen molar-refractivity contribution < 1.29 is 18.3 Å². The minimum absolute atomic E-state index is 0.0156. The van der Waals surface area contributed by atoms with Crippen LogP contribution in [0.15, 0.2) is 24.4 Å². The Labute approximate surface area is 188 Å². The fourth-order valence-electron chi connectivity index (χ4n) is 4.70. The van der Waals surface area contributed by atoms with Gasteiger partial charge in [-0.05, 0) is 51.0 Å². The Morgan fingerprint density at radius 3 is 2.56 bits per heavy atom. The highest BCUT2D eigenvalue weighted by Gasteiger charge is 2.29. The zero-order valence-electron chi connectivity index (χ0n) is 18.5. The maximum atomic E-state index is 12.9. The molecule has 4 rings (SSSR count). The highest BCUT2D eigenvalue weighted by molar-refractivity contribution is 7.88. The first-order valence-corrected chi connectivity index (χ1v) is 13.0. The summed E-state index contributed by atoms with van der Waals surface area (Å²) < 4.78 is 25.0. The summed E-state index contributed by atoms with van der Waals surface area (Å²) in [5, 5.41) is 17.1. The molecule has 2 atom stereocenters. The third-order valence-electron chi connectivity index (χ3n) is 6.72. The number of anilines is 1. The summed E-state index contributed by atoms with van der Waals surface area (Å²) in [4.78, 5) is 21.9. The first-order valence-electron chi connectivity index (χ1n) is 11.2. The van der Waals surface area contributed by atoms with Crippen molar-refractivity contribution in [1.29, 1.82) is 0 Å². The highest BCUT2D eigenvalue weighted by Crippen LogP contribution is 2.26. The summed E-state index contributed by atoms with van der Waals surface area (Å²) >= 11 is 0. The van der Waals surface area contributed by atoms with E-state index in [1.54, 1.807) is 25.4 Å². The molecule has 1 aromatic carbocycles. The first-order chi connectivity index (χ1) is 15.2. The lowest BCUT2D eigenvalue weighted by Crippen LogP contribution is -2.41. The number of hydrogen-bond acceptors (Lipinski definition) is 7. The molecule has 1 aromatic heterocycles. The van der Waals surface area contributed by atoms with Crippen LogP contribution in [0.5, 0.6) is 0 Å². The Morgan fingerprint density at radius 1 is 1.16 bits per heavy atom. The number of hydrogen-bond donors (Lipinski definition) is 3. The van der Waals surface area contributed by atoms with Gasteiger partial charge in [-0.25, -0.2) is 22.7 Å². The van der Waals surface area contributed by atoms with Crippen molar-refractivity contribution in [2.24, 2.45) is 0 Å². The molecule has 174 valence electrons. The molecule has 32 heavy (non-hydrogen) atoms. The largest absolute Gasteiger partial charge is 0.391 e. The van der Waals surface area contributed by atoms with E-state index in [0.29, 0.717) is 23.4 Å². The molecule has 1 amide bonds. The number of sulfonamides is 1. The molecule has 10 heteroatoms. The summed E-state index contributed by atoms with van der Waals surface area (Å²) in [6, 6.07) is 5.35. The number of aliphatic hydroxyl groups is 1. The van der Waals surface area contributed by atoms with E-state index >= 15 is 0 Å². The van der Waals surface area contributed by atoms with E-state index in [4.69, 9.17) is 0 Å². The van der Waals surface area contributed by atoms with Gasteiger partial charge in [0.2, 0.25) is 16.0 Å². The van der Waals surface area contributed by atoms with Crippen molar-refractivity contribution in [3.05, 3.63) is 30.0 Å². The van der Waals surface area contributed by atoms with Crippen LogP contribution in [0.25, 0.3) is 10.9 Å². The normalized spacial score (nSPS) is 26.4. The average molecular weight is 462 g/mol. The second-order valence-electron chi connectivity index (χ2n) is 8.94. The molecule has 9 nitrogen and oxygen atoms in total. The molecule has 0 spiro atoms. The number of aromatic nitrogens is 2. The average Bonchev–Trinajstić information content (AvgIpc) is 3.17. The molecule has 0 aliphatic heterocycles. The van der Waals surface area contributed by atoms with E-state index in [2.05, 4.69) is 20.6 Å². The van der Waals surface area contributed by atoms with Gasteiger partial charge in [-0.2, -0.15) is 0 Å². The Kier molecular flexibility index (Phi) is 6.64. The van der Waals surface area contributed by atoms with Crippen LogP contribution in [0, 0.1) is 0 Å². The molecular formula is C22H31N5O4S. The molecular weight excluding hydrogens is 430 g/mol. The Bertz CT molecular complexity index is 1080. The Balaban J connectivity index is 1.45. The smallest absolute Gasteiger partial charge is 0.253 e. The minimum Gasteiger partial charge on any atom is -0.391 e. The van der Waals surface area contributed by atoms with E-state index in [1.807, 2.05) is 6.07 Å². The number of nitrogens with zero attached hydrogens (tertiary/aromatic N) is 3. The van der Waals surface area contributed by atoms with Gasteiger partial charge >= 0.3 is 0 Å². The van der Waals surface area contributed by atoms with E-state index in [-0.39, 0.29) is 24.0 Å². The van der Waals surface area contributed by atoms with Crippen molar-refractivity contribution in [2.45, 2.75) is 69.2 Å². The van der Waals surface area contributed by atoms with Gasteiger partial charge in [0, 0.05) is 30.7 Å². The highest BCUT2D eigenvalue weighted by atomic mass is 32.2. The zero-order chi connectivity index (χ0) is 22.9. The summed E-state index contributed by atoms with van der Waals surface area (Å²) in [7, 11) is -1.56. The third-order valence-corrected chi connectivity index (χ3v) is 8.06.